The van der Waals surface area contributed by atoms with E-state index < -0.39 is 0 Å². The maximum absolute atomic E-state index is 4.00. The smallest absolute Gasteiger partial charge is 0.0122 e. The molecule has 0 aromatic heterocycles. The Kier molecular flexibility index (Phi) is 3.57. The van der Waals surface area contributed by atoms with Gasteiger partial charge in [-0.2, -0.15) is 0 Å². The molecule has 0 aliphatic heterocycles. The van der Waals surface area contributed by atoms with Crippen molar-refractivity contribution in [3.63, 3.8) is 0 Å². The molecule has 0 radical (unpaired) electrons. The Hall–Kier alpha value is -0.520. The van der Waals surface area contributed by atoms with E-state index in [1.54, 1.807) is 0 Å². The second-order valence-electron chi connectivity index (χ2n) is 3.93. The third kappa shape index (κ3) is 2.53. The van der Waals surface area contributed by atoms with Crippen molar-refractivity contribution in [2.45, 2.75) is 34.1 Å². The van der Waals surface area contributed by atoms with Crippen molar-refractivity contribution in [1.82, 2.24) is 0 Å². The first-order chi connectivity index (χ1) is 4.92. The molecule has 11 heavy (non-hydrogen) atoms. The summed E-state index contributed by atoms with van der Waals surface area (Å²) in [6.07, 6.45) is 3.05. The first-order valence-electron chi connectivity index (χ1n) is 4.19. The van der Waals surface area contributed by atoms with Crippen LogP contribution in [0.5, 0.6) is 0 Å². The van der Waals surface area contributed by atoms with Crippen molar-refractivity contribution in [2.75, 3.05) is 0 Å². The second kappa shape index (κ2) is 3.75. The standard InChI is InChI=1S/C11H20/c1-7-8-10(4)11(5,6)9(2)3/h7,10H,1-2,8H2,3-6H3. The molecule has 0 heteroatoms. The monoisotopic (exact) mass is 152 g/mol. The highest BCUT2D eigenvalue weighted by Crippen LogP contribution is 2.35. The molecule has 0 aromatic rings. The molecular weight excluding hydrogens is 132 g/mol. The molecule has 0 amide bonds. The van der Waals surface area contributed by atoms with Crippen LogP contribution < -0.4 is 0 Å². The summed E-state index contributed by atoms with van der Waals surface area (Å²) >= 11 is 0. The van der Waals surface area contributed by atoms with E-state index >= 15 is 0 Å². The van der Waals surface area contributed by atoms with E-state index in [0.717, 1.165) is 6.42 Å². The Balaban J connectivity index is 4.28. The number of allylic oxidation sites excluding steroid dienone is 2. The third-order valence-electron chi connectivity index (χ3n) is 2.85. The van der Waals surface area contributed by atoms with Crippen LogP contribution in [0.4, 0.5) is 0 Å². The molecule has 0 aromatic carbocycles. The predicted molar refractivity (Wildman–Crippen MR) is 52.6 cm³/mol. The van der Waals surface area contributed by atoms with E-state index in [1.165, 1.54) is 5.57 Å². The molecule has 0 spiro atoms. The van der Waals surface area contributed by atoms with Crippen LogP contribution in [0.15, 0.2) is 24.8 Å². The van der Waals surface area contributed by atoms with Gasteiger partial charge in [0.15, 0.2) is 0 Å². The Morgan fingerprint density at radius 1 is 1.55 bits per heavy atom. The Bertz CT molecular complexity index is 151. The van der Waals surface area contributed by atoms with Crippen molar-refractivity contribution in [3.8, 4) is 0 Å². The molecule has 0 saturated carbocycles. The summed E-state index contributed by atoms with van der Waals surface area (Å²) in [6, 6.07) is 0. The average Bonchev–Trinajstić information content (AvgIpc) is 1.88. The maximum Gasteiger partial charge on any atom is -0.0122 e. The minimum absolute atomic E-state index is 0.244. The summed E-state index contributed by atoms with van der Waals surface area (Å²) in [5.74, 6) is 0.637. The van der Waals surface area contributed by atoms with Gasteiger partial charge in [0, 0.05) is 0 Å². The highest BCUT2D eigenvalue weighted by Gasteiger charge is 2.24. The third-order valence-corrected chi connectivity index (χ3v) is 2.85. The van der Waals surface area contributed by atoms with Gasteiger partial charge in [-0.05, 0) is 24.7 Å². The van der Waals surface area contributed by atoms with Gasteiger partial charge in [0.2, 0.25) is 0 Å². The molecule has 0 saturated heterocycles. The van der Waals surface area contributed by atoms with Crippen LogP contribution in [0.1, 0.15) is 34.1 Å². The zero-order chi connectivity index (χ0) is 9.07. The van der Waals surface area contributed by atoms with Gasteiger partial charge in [0.05, 0.1) is 0 Å². The molecule has 0 bridgehead atoms. The Labute approximate surface area is 71.0 Å². The second-order valence-corrected chi connectivity index (χ2v) is 3.93. The van der Waals surface area contributed by atoms with E-state index in [2.05, 4.69) is 40.9 Å². The zero-order valence-electron chi connectivity index (χ0n) is 8.28. The molecule has 0 N–H and O–H groups in total. The van der Waals surface area contributed by atoms with Gasteiger partial charge in [-0.25, -0.2) is 0 Å². The first kappa shape index (κ1) is 10.5. The summed E-state index contributed by atoms with van der Waals surface area (Å²) in [5.41, 5.74) is 1.50. The van der Waals surface area contributed by atoms with Gasteiger partial charge in [0.25, 0.3) is 0 Å². The van der Waals surface area contributed by atoms with E-state index in [0.29, 0.717) is 5.92 Å². The lowest BCUT2D eigenvalue weighted by molar-refractivity contribution is 0.290. The molecule has 1 unspecified atom stereocenters. The fourth-order valence-corrected chi connectivity index (χ4v) is 0.965. The predicted octanol–water partition coefficient (Wildman–Crippen LogP) is 3.80. The lowest BCUT2D eigenvalue weighted by atomic mass is 9.74. The lowest BCUT2D eigenvalue weighted by Crippen LogP contribution is -2.21. The summed E-state index contributed by atoms with van der Waals surface area (Å²) < 4.78 is 0. The molecule has 1 atom stereocenters. The minimum atomic E-state index is 0.244. The zero-order valence-corrected chi connectivity index (χ0v) is 8.28. The van der Waals surface area contributed by atoms with E-state index in [4.69, 9.17) is 0 Å². The normalized spacial score (nSPS) is 14.2. The van der Waals surface area contributed by atoms with E-state index in [-0.39, 0.29) is 5.41 Å². The Morgan fingerprint density at radius 3 is 2.27 bits per heavy atom. The van der Waals surface area contributed by atoms with Crippen molar-refractivity contribution in [2.24, 2.45) is 11.3 Å². The van der Waals surface area contributed by atoms with Gasteiger partial charge in [-0.1, -0.05) is 39.0 Å². The van der Waals surface area contributed by atoms with Crippen LogP contribution >= 0.6 is 0 Å². The van der Waals surface area contributed by atoms with Crippen LogP contribution in [0.2, 0.25) is 0 Å². The number of hydrogen-bond acceptors (Lipinski definition) is 0. The maximum atomic E-state index is 4.00. The average molecular weight is 152 g/mol. The van der Waals surface area contributed by atoms with Crippen molar-refractivity contribution in [3.05, 3.63) is 24.8 Å². The molecule has 0 fully saturated rings. The summed E-state index contributed by atoms with van der Waals surface area (Å²) in [4.78, 5) is 0. The van der Waals surface area contributed by atoms with Gasteiger partial charge in [-0.3, -0.25) is 0 Å². The Morgan fingerprint density at radius 2 is 2.00 bits per heavy atom. The van der Waals surface area contributed by atoms with Crippen LogP contribution in [-0.4, -0.2) is 0 Å². The summed E-state index contributed by atoms with van der Waals surface area (Å²) in [7, 11) is 0. The van der Waals surface area contributed by atoms with Gasteiger partial charge in [-0.15, -0.1) is 6.58 Å². The fourth-order valence-electron chi connectivity index (χ4n) is 0.965. The highest BCUT2D eigenvalue weighted by molar-refractivity contribution is 5.05. The molecule has 0 heterocycles. The van der Waals surface area contributed by atoms with Crippen LogP contribution in [0.3, 0.4) is 0 Å². The van der Waals surface area contributed by atoms with Crippen LogP contribution in [-0.2, 0) is 0 Å². The SMILES string of the molecule is C=CCC(C)C(C)(C)C(=C)C. The number of rotatable bonds is 4. The highest BCUT2D eigenvalue weighted by atomic mass is 14.3. The summed E-state index contributed by atoms with van der Waals surface area (Å²) in [6.45, 7) is 16.6. The number of hydrogen-bond donors (Lipinski definition) is 0. The minimum Gasteiger partial charge on any atom is -0.103 e. The topological polar surface area (TPSA) is 0 Å². The van der Waals surface area contributed by atoms with Crippen molar-refractivity contribution < 1.29 is 0 Å². The van der Waals surface area contributed by atoms with Gasteiger partial charge < -0.3 is 0 Å². The molecular formula is C11H20. The largest absolute Gasteiger partial charge is 0.103 e. The first-order valence-corrected chi connectivity index (χ1v) is 4.19. The molecule has 0 aliphatic rings. The van der Waals surface area contributed by atoms with Crippen LogP contribution in [0, 0.1) is 11.3 Å². The van der Waals surface area contributed by atoms with Gasteiger partial charge in [0.1, 0.15) is 0 Å². The van der Waals surface area contributed by atoms with Gasteiger partial charge >= 0.3 is 0 Å². The molecule has 0 nitrogen and oxygen atoms in total. The van der Waals surface area contributed by atoms with Crippen LogP contribution in [0.25, 0.3) is 0 Å². The lowest BCUT2D eigenvalue weighted by Gasteiger charge is -2.31. The van der Waals surface area contributed by atoms with E-state index in [9.17, 15) is 0 Å². The van der Waals surface area contributed by atoms with E-state index in [1.807, 2.05) is 6.08 Å². The molecule has 0 aliphatic carbocycles. The molecule has 64 valence electrons. The van der Waals surface area contributed by atoms with Crippen molar-refractivity contribution in [1.29, 1.82) is 0 Å². The molecule has 0 rings (SSSR count). The quantitative estimate of drug-likeness (QED) is 0.537. The van der Waals surface area contributed by atoms with Crippen molar-refractivity contribution >= 4 is 0 Å². The fraction of sp³-hybridized carbons (Fsp3) is 0.636. The summed E-state index contributed by atoms with van der Waals surface area (Å²) in [5, 5.41) is 0.